The van der Waals surface area contributed by atoms with Crippen molar-refractivity contribution in [2.75, 3.05) is 42.8 Å². The quantitative estimate of drug-likeness (QED) is 0.474. The van der Waals surface area contributed by atoms with E-state index in [0.717, 1.165) is 45.8 Å². The molecule has 9 nitrogen and oxygen atoms in total. The summed E-state index contributed by atoms with van der Waals surface area (Å²) in [5.41, 5.74) is 9.52. The number of aromatic nitrogens is 4. The number of anilines is 3. The molecule has 0 saturated carbocycles. The maximum atomic E-state index is 6.12. The normalized spacial score (nSPS) is 16.9. The number of hydrogen-bond donors (Lipinski definition) is 3. The first kappa shape index (κ1) is 18.4. The summed E-state index contributed by atoms with van der Waals surface area (Å²) in [6.45, 7) is 4.28. The van der Waals surface area contributed by atoms with Crippen LogP contribution in [-0.4, -0.2) is 53.0 Å². The molecule has 1 saturated heterocycles. The number of fused-ring (bicyclic) bond motifs is 1. The van der Waals surface area contributed by atoms with Crippen molar-refractivity contribution in [3.63, 3.8) is 0 Å². The lowest BCUT2D eigenvalue weighted by atomic mass is 10.0. The number of ether oxygens (including phenoxy) is 1. The molecule has 9 heteroatoms. The van der Waals surface area contributed by atoms with Crippen LogP contribution in [0.15, 0.2) is 41.0 Å². The van der Waals surface area contributed by atoms with Crippen LogP contribution < -0.4 is 16.0 Å². The summed E-state index contributed by atoms with van der Waals surface area (Å²) in [5, 5.41) is 11.1. The Morgan fingerprint density at radius 2 is 2.17 bits per heavy atom. The number of furan rings is 1. The molecule has 30 heavy (non-hydrogen) atoms. The highest BCUT2D eigenvalue weighted by molar-refractivity contribution is 6.03. The van der Waals surface area contributed by atoms with Gasteiger partial charge in [0.15, 0.2) is 5.82 Å². The predicted molar refractivity (Wildman–Crippen MR) is 116 cm³/mol. The van der Waals surface area contributed by atoms with Gasteiger partial charge in [-0.15, -0.1) is 0 Å². The summed E-state index contributed by atoms with van der Waals surface area (Å²) in [6, 6.07) is 10.0. The summed E-state index contributed by atoms with van der Waals surface area (Å²) in [6.07, 6.45) is 1.64. The Bertz CT molecular complexity index is 1190. The predicted octanol–water partition coefficient (Wildman–Crippen LogP) is 3.13. The number of rotatable bonds is 4. The van der Waals surface area contributed by atoms with Gasteiger partial charge in [0.1, 0.15) is 11.6 Å². The third-order valence-electron chi connectivity index (χ3n) is 5.37. The molecule has 3 aromatic heterocycles. The van der Waals surface area contributed by atoms with E-state index in [9.17, 15) is 0 Å². The first-order chi connectivity index (χ1) is 14.6. The Labute approximate surface area is 173 Å². The molecule has 4 heterocycles. The van der Waals surface area contributed by atoms with Crippen LogP contribution in [0.5, 0.6) is 0 Å². The van der Waals surface area contributed by atoms with E-state index < -0.39 is 0 Å². The van der Waals surface area contributed by atoms with Crippen LogP contribution in [0.2, 0.25) is 0 Å². The van der Waals surface area contributed by atoms with Gasteiger partial charge in [0.2, 0.25) is 5.95 Å². The second kappa shape index (κ2) is 7.34. The van der Waals surface area contributed by atoms with Crippen LogP contribution in [0, 0.1) is 0 Å². The lowest BCUT2D eigenvalue weighted by molar-refractivity contribution is 0.0985. The standard InChI is InChI=1S/C21H23N7O2/c1-12-11-29-7-5-28(12)18-10-15(24-21(23-2)25-18)13-8-14(17-4-3-6-30-17)19-16(9-13)26-27-20(19)22/h3-4,6,8-10,12H,5,7,11H2,1-2H3,(H3,22,26,27)(H,23,24,25). The van der Waals surface area contributed by atoms with Crippen LogP contribution in [0.1, 0.15) is 6.92 Å². The highest BCUT2D eigenvalue weighted by Gasteiger charge is 2.22. The van der Waals surface area contributed by atoms with Crippen molar-refractivity contribution >= 4 is 28.5 Å². The van der Waals surface area contributed by atoms with Gasteiger partial charge in [-0.2, -0.15) is 10.1 Å². The van der Waals surface area contributed by atoms with E-state index in [0.29, 0.717) is 25.0 Å². The molecular weight excluding hydrogens is 382 g/mol. The molecule has 0 spiro atoms. The zero-order chi connectivity index (χ0) is 20.7. The lowest BCUT2D eigenvalue weighted by Crippen LogP contribution is -2.44. The van der Waals surface area contributed by atoms with E-state index in [1.165, 1.54) is 0 Å². The number of hydrogen-bond acceptors (Lipinski definition) is 8. The molecule has 1 aromatic carbocycles. The third-order valence-corrected chi connectivity index (χ3v) is 5.37. The topological polar surface area (TPSA) is 118 Å². The van der Waals surface area contributed by atoms with Crippen LogP contribution in [0.4, 0.5) is 17.6 Å². The van der Waals surface area contributed by atoms with Gasteiger partial charge in [-0.3, -0.25) is 5.10 Å². The van der Waals surface area contributed by atoms with Gasteiger partial charge in [-0.25, -0.2) is 4.98 Å². The Balaban J connectivity index is 1.67. The average Bonchev–Trinajstić information content (AvgIpc) is 3.43. The summed E-state index contributed by atoms with van der Waals surface area (Å²) >= 11 is 0. The molecule has 4 aromatic rings. The first-order valence-corrected chi connectivity index (χ1v) is 9.87. The number of aromatic amines is 1. The Kier molecular flexibility index (Phi) is 4.51. The number of nitrogens with one attached hydrogen (secondary N) is 2. The molecule has 1 fully saturated rings. The number of nitrogens with zero attached hydrogens (tertiary/aromatic N) is 4. The molecule has 0 bridgehead atoms. The van der Waals surface area contributed by atoms with Crippen LogP contribution in [0.25, 0.3) is 33.5 Å². The summed E-state index contributed by atoms with van der Waals surface area (Å²) in [7, 11) is 1.82. The van der Waals surface area contributed by atoms with Gasteiger partial charge in [0.25, 0.3) is 0 Å². The minimum absolute atomic E-state index is 0.236. The summed E-state index contributed by atoms with van der Waals surface area (Å²) < 4.78 is 11.2. The molecule has 1 aliphatic rings. The van der Waals surface area contributed by atoms with Crippen molar-refractivity contribution in [3.8, 4) is 22.6 Å². The van der Waals surface area contributed by atoms with Crippen LogP contribution >= 0.6 is 0 Å². The molecule has 1 aliphatic heterocycles. The average molecular weight is 405 g/mol. The van der Waals surface area contributed by atoms with Crippen molar-refractivity contribution in [2.45, 2.75) is 13.0 Å². The van der Waals surface area contributed by atoms with Gasteiger partial charge in [0, 0.05) is 30.8 Å². The summed E-state index contributed by atoms with van der Waals surface area (Å²) in [4.78, 5) is 11.6. The molecule has 154 valence electrons. The van der Waals surface area contributed by atoms with E-state index in [-0.39, 0.29) is 6.04 Å². The van der Waals surface area contributed by atoms with E-state index in [1.807, 2.05) is 37.4 Å². The minimum atomic E-state index is 0.236. The lowest BCUT2D eigenvalue weighted by Gasteiger charge is -2.34. The molecule has 0 aliphatic carbocycles. The van der Waals surface area contributed by atoms with Crippen molar-refractivity contribution in [2.24, 2.45) is 0 Å². The Hall–Kier alpha value is -3.59. The maximum absolute atomic E-state index is 6.12. The SMILES string of the molecule is CNc1nc(-c2cc(-c3ccco3)c3c(N)n[nH]c3c2)cc(N2CCOCC2C)n1. The monoisotopic (exact) mass is 405 g/mol. The highest BCUT2D eigenvalue weighted by atomic mass is 16.5. The fraction of sp³-hybridized carbons (Fsp3) is 0.286. The zero-order valence-corrected chi connectivity index (χ0v) is 16.8. The first-order valence-electron chi connectivity index (χ1n) is 9.87. The second-order valence-corrected chi connectivity index (χ2v) is 7.33. The fourth-order valence-corrected chi connectivity index (χ4v) is 3.87. The number of nitrogen functional groups attached to an aromatic ring is 1. The maximum Gasteiger partial charge on any atom is 0.224 e. The van der Waals surface area contributed by atoms with E-state index >= 15 is 0 Å². The molecule has 1 atom stereocenters. The highest BCUT2D eigenvalue weighted by Crippen LogP contribution is 2.36. The van der Waals surface area contributed by atoms with Gasteiger partial charge >= 0.3 is 0 Å². The zero-order valence-electron chi connectivity index (χ0n) is 16.8. The largest absolute Gasteiger partial charge is 0.464 e. The molecule has 0 amide bonds. The van der Waals surface area contributed by atoms with Gasteiger partial charge in [-0.1, -0.05) is 0 Å². The molecule has 0 radical (unpaired) electrons. The van der Waals surface area contributed by atoms with Crippen LogP contribution in [0.3, 0.4) is 0 Å². The minimum Gasteiger partial charge on any atom is -0.464 e. The van der Waals surface area contributed by atoms with Gasteiger partial charge in [-0.05, 0) is 31.2 Å². The fourth-order valence-electron chi connectivity index (χ4n) is 3.87. The van der Waals surface area contributed by atoms with Gasteiger partial charge in [0.05, 0.1) is 42.1 Å². The smallest absolute Gasteiger partial charge is 0.224 e. The number of H-pyrrole nitrogens is 1. The van der Waals surface area contributed by atoms with Crippen molar-refractivity contribution in [3.05, 3.63) is 36.6 Å². The van der Waals surface area contributed by atoms with E-state index in [4.69, 9.17) is 19.9 Å². The summed E-state index contributed by atoms with van der Waals surface area (Å²) in [5.74, 6) is 2.58. The number of morpholine rings is 1. The molecule has 5 rings (SSSR count). The van der Waals surface area contributed by atoms with Crippen molar-refractivity contribution < 1.29 is 9.15 Å². The van der Waals surface area contributed by atoms with Crippen LogP contribution in [-0.2, 0) is 4.74 Å². The van der Waals surface area contributed by atoms with E-state index in [2.05, 4.69) is 32.3 Å². The Morgan fingerprint density at radius 1 is 1.27 bits per heavy atom. The molecular formula is C21H23N7O2. The Morgan fingerprint density at radius 3 is 2.93 bits per heavy atom. The van der Waals surface area contributed by atoms with Crippen molar-refractivity contribution in [1.29, 1.82) is 0 Å². The number of benzene rings is 1. The third kappa shape index (κ3) is 3.13. The van der Waals surface area contributed by atoms with Crippen molar-refractivity contribution in [1.82, 2.24) is 20.2 Å². The van der Waals surface area contributed by atoms with E-state index in [1.54, 1.807) is 6.26 Å². The molecule has 4 N–H and O–H groups in total. The second-order valence-electron chi connectivity index (χ2n) is 7.33. The molecule has 1 unspecified atom stereocenters. The number of nitrogens with two attached hydrogens (primary N) is 1. The van der Waals surface area contributed by atoms with Gasteiger partial charge < -0.3 is 25.1 Å².